The average Bonchev–Trinajstić information content (AvgIpc) is 3.05. The highest BCUT2D eigenvalue weighted by molar-refractivity contribution is 6.31. The van der Waals surface area contributed by atoms with Crippen molar-refractivity contribution >= 4 is 17.6 Å². The van der Waals surface area contributed by atoms with E-state index in [1.54, 1.807) is 19.1 Å². The van der Waals surface area contributed by atoms with Crippen LogP contribution in [0.2, 0.25) is 0 Å². The number of rotatable bonds is 6. The number of esters is 1. The molecule has 0 bridgehead atoms. The van der Waals surface area contributed by atoms with Crippen molar-refractivity contribution in [2.75, 3.05) is 6.61 Å². The molecule has 0 spiro atoms. The molecule has 0 fully saturated rings. The Balaban J connectivity index is 3.11. The van der Waals surface area contributed by atoms with Crippen molar-refractivity contribution in [3.05, 3.63) is 58.7 Å². The fraction of sp³-hybridized carbons (Fsp3) is 0.312. The third kappa shape index (κ3) is 4.56. The molecule has 1 aliphatic carbocycles. The molecule has 0 radical (unpaired) electrons. The van der Waals surface area contributed by atoms with Gasteiger partial charge >= 0.3 is 5.97 Å². The quantitative estimate of drug-likeness (QED) is 0.313. The van der Waals surface area contributed by atoms with Crippen LogP contribution in [0.25, 0.3) is 0 Å². The van der Waals surface area contributed by atoms with Gasteiger partial charge < -0.3 is 4.74 Å². The number of ether oxygens (including phenoxy) is 1. The molecule has 0 aliphatic heterocycles. The van der Waals surface area contributed by atoms with Crippen LogP contribution < -0.4 is 0 Å². The monoisotopic (exact) mass is 278 g/mol. The van der Waals surface area contributed by atoms with Crippen molar-refractivity contribution < 1.29 is 9.53 Å². The molecule has 102 valence electrons. The molecule has 0 N–H and O–H groups in total. The largest absolute Gasteiger partial charge is 0.462 e. The Kier molecular flexibility index (Phi) is 5.84. The summed E-state index contributed by atoms with van der Waals surface area (Å²) in [7, 11) is 0. The van der Waals surface area contributed by atoms with Crippen LogP contribution in [0.1, 0.15) is 20.8 Å². The molecule has 1 aliphatic rings. The van der Waals surface area contributed by atoms with Gasteiger partial charge in [-0.1, -0.05) is 42.0 Å². The fourth-order valence-corrected chi connectivity index (χ4v) is 1.85. The number of carbonyl (C=O) groups excluding carboxylic acids is 1. The Morgan fingerprint density at radius 1 is 1.58 bits per heavy atom. The predicted octanol–water partition coefficient (Wildman–Crippen LogP) is 4.31. The van der Waals surface area contributed by atoms with E-state index >= 15 is 0 Å². The first-order valence-corrected chi connectivity index (χ1v) is 6.63. The van der Waals surface area contributed by atoms with E-state index in [9.17, 15) is 4.79 Å². The van der Waals surface area contributed by atoms with Gasteiger partial charge in [0.2, 0.25) is 0 Å². The summed E-state index contributed by atoms with van der Waals surface area (Å²) in [6.07, 6.45) is 9.23. The highest BCUT2D eigenvalue weighted by Gasteiger charge is 2.30. The zero-order valence-electron chi connectivity index (χ0n) is 11.6. The normalized spacial score (nSPS) is 19.4. The van der Waals surface area contributed by atoms with Crippen LogP contribution in [0.3, 0.4) is 0 Å². The van der Waals surface area contributed by atoms with Crippen LogP contribution in [0.15, 0.2) is 58.7 Å². The summed E-state index contributed by atoms with van der Waals surface area (Å²) >= 11 is 5.86. The Bertz CT molecular complexity index is 493. The van der Waals surface area contributed by atoms with Crippen LogP contribution in [0, 0.1) is 5.92 Å². The van der Waals surface area contributed by atoms with Gasteiger partial charge in [0, 0.05) is 11.0 Å². The third-order valence-electron chi connectivity index (χ3n) is 2.72. The lowest BCUT2D eigenvalue weighted by atomic mass is 9.97. The first kappa shape index (κ1) is 15.5. The van der Waals surface area contributed by atoms with Crippen LogP contribution in [-0.2, 0) is 9.53 Å². The van der Waals surface area contributed by atoms with Crippen molar-refractivity contribution in [3.63, 3.8) is 0 Å². The van der Waals surface area contributed by atoms with Crippen molar-refractivity contribution in [2.45, 2.75) is 20.8 Å². The van der Waals surface area contributed by atoms with Gasteiger partial charge in [0.1, 0.15) is 0 Å². The number of hydrogen-bond acceptors (Lipinski definition) is 2. The predicted molar refractivity (Wildman–Crippen MR) is 79.9 cm³/mol. The Hall–Kier alpha value is -1.54. The molecule has 0 amide bonds. The zero-order chi connectivity index (χ0) is 14.4. The summed E-state index contributed by atoms with van der Waals surface area (Å²) in [5.74, 6) is -0.172. The van der Waals surface area contributed by atoms with Gasteiger partial charge in [-0.2, -0.15) is 0 Å². The van der Waals surface area contributed by atoms with Crippen LogP contribution >= 0.6 is 11.6 Å². The molecule has 1 unspecified atom stereocenters. The smallest absolute Gasteiger partial charge is 0.338 e. The molecule has 0 saturated carbocycles. The van der Waals surface area contributed by atoms with Crippen LogP contribution in [0.5, 0.6) is 0 Å². The lowest BCUT2D eigenvalue weighted by Crippen LogP contribution is -2.11. The third-order valence-corrected chi connectivity index (χ3v) is 2.83. The number of halogens is 1. The number of carbonyl (C=O) groups is 1. The summed E-state index contributed by atoms with van der Waals surface area (Å²) < 4.78 is 5.10. The minimum Gasteiger partial charge on any atom is -0.462 e. The molecule has 0 saturated heterocycles. The summed E-state index contributed by atoms with van der Waals surface area (Å²) in [5.41, 5.74) is 2.59. The van der Waals surface area contributed by atoms with Gasteiger partial charge in [-0.3, -0.25) is 0 Å². The molecule has 1 rings (SSSR count). The summed E-state index contributed by atoms with van der Waals surface area (Å²) in [4.78, 5) is 12.0. The second-order valence-corrected chi connectivity index (χ2v) is 4.75. The van der Waals surface area contributed by atoms with Crippen molar-refractivity contribution in [1.29, 1.82) is 0 Å². The van der Waals surface area contributed by atoms with E-state index in [-0.39, 0.29) is 11.9 Å². The molecule has 2 nitrogen and oxygen atoms in total. The molecular formula is C16H19ClO2. The minimum absolute atomic E-state index is 0.163. The van der Waals surface area contributed by atoms with Gasteiger partial charge in [0.15, 0.2) is 0 Å². The molecule has 0 aromatic rings. The van der Waals surface area contributed by atoms with Gasteiger partial charge in [-0.25, -0.2) is 4.79 Å². The van der Waals surface area contributed by atoms with E-state index in [1.807, 2.05) is 26.0 Å². The first-order valence-electron chi connectivity index (χ1n) is 6.26. The Labute approximate surface area is 119 Å². The summed E-state index contributed by atoms with van der Waals surface area (Å²) in [6, 6.07) is 0. The maximum atomic E-state index is 12.0. The van der Waals surface area contributed by atoms with Gasteiger partial charge in [0.25, 0.3) is 0 Å². The maximum Gasteiger partial charge on any atom is 0.338 e. The topological polar surface area (TPSA) is 26.3 Å². The average molecular weight is 279 g/mol. The van der Waals surface area contributed by atoms with E-state index in [0.717, 1.165) is 5.57 Å². The minimum atomic E-state index is -0.335. The van der Waals surface area contributed by atoms with Crippen molar-refractivity contribution in [1.82, 2.24) is 0 Å². The fourth-order valence-electron chi connectivity index (χ4n) is 1.74. The molecule has 0 aromatic carbocycles. The van der Waals surface area contributed by atoms with Crippen molar-refractivity contribution in [2.24, 2.45) is 5.92 Å². The highest BCUT2D eigenvalue weighted by atomic mass is 35.5. The molecular weight excluding hydrogens is 260 g/mol. The van der Waals surface area contributed by atoms with E-state index < -0.39 is 0 Å². The molecule has 3 heteroatoms. The maximum absolute atomic E-state index is 12.0. The molecule has 1 atom stereocenters. The highest BCUT2D eigenvalue weighted by Crippen LogP contribution is 2.39. The van der Waals surface area contributed by atoms with E-state index in [0.29, 0.717) is 17.2 Å². The standard InChI is InChI=1S/C16H19ClO2/c1-5-7-8-13(16(18)19-6-2)15(10-12(4)17)14-9-11(14)3/h5,7-10,14H,4,6H2,1-3H3/b7-5+,13-8+,15-10+. The van der Waals surface area contributed by atoms with Gasteiger partial charge in [-0.05, 0) is 38.5 Å². The molecule has 19 heavy (non-hydrogen) atoms. The Morgan fingerprint density at radius 3 is 2.63 bits per heavy atom. The second-order valence-electron chi connectivity index (χ2n) is 4.26. The zero-order valence-corrected chi connectivity index (χ0v) is 12.3. The number of allylic oxidation sites excluding steroid dienone is 7. The van der Waals surface area contributed by atoms with Gasteiger partial charge in [-0.15, -0.1) is 0 Å². The van der Waals surface area contributed by atoms with E-state index in [4.69, 9.17) is 16.3 Å². The summed E-state index contributed by atoms with van der Waals surface area (Å²) in [6.45, 7) is 9.71. The lowest BCUT2D eigenvalue weighted by molar-refractivity contribution is -0.138. The van der Waals surface area contributed by atoms with Crippen molar-refractivity contribution in [3.8, 4) is 0 Å². The van der Waals surface area contributed by atoms with Crippen LogP contribution in [0.4, 0.5) is 0 Å². The van der Waals surface area contributed by atoms with E-state index in [1.165, 1.54) is 5.57 Å². The SMILES string of the molecule is C=C(Cl)\C=C(/C(=C\C=C\C)C(=O)OCC)C1C=C1C. The lowest BCUT2D eigenvalue weighted by Gasteiger charge is -2.11. The van der Waals surface area contributed by atoms with Crippen LogP contribution in [-0.4, -0.2) is 12.6 Å². The number of hydrogen-bond donors (Lipinski definition) is 0. The Morgan fingerprint density at radius 2 is 2.21 bits per heavy atom. The first-order chi connectivity index (χ1) is 9.01. The second kappa shape index (κ2) is 7.15. The molecule has 0 heterocycles. The van der Waals surface area contributed by atoms with Gasteiger partial charge in [0.05, 0.1) is 12.2 Å². The molecule has 0 aromatic heterocycles. The summed E-state index contributed by atoms with van der Waals surface area (Å²) in [5, 5.41) is 0.402. The van der Waals surface area contributed by atoms with E-state index in [2.05, 4.69) is 12.7 Å².